The molecule has 0 aliphatic rings. The SMILES string of the molecule is C=c1c2c(C)c(C)cc(C)c2n2c3ccccc3c3c(C(=O)OCc4ccccc4)cc(/N=C\C)c1c32. The van der Waals surface area contributed by atoms with Gasteiger partial charge in [0.15, 0.2) is 0 Å². The molecule has 0 N–H and O–H groups in total. The Morgan fingerprint density at radius 3 is 2.41 bits per heavy atom. The molecular formula is C33H28N2O2. The second-order valence-corrected chi connectivity index (χ2v) is 9.68. The van der Waals surface area contributed by atoms with Gasteiger partial charge in [0.05, 0.1) is 27.8 Å². The zero-order chi connectivity index (χ0) is 25.8. The number of aryl methyl sites for hydroxylation is 3. The second-order valence-electron chi connectivity index (χ2n) is 9.68. The number of benzene rings is 4. The molecule has 2 heterocycles. The zero-order valence-corrected chi connectivity index (χ0v) is 21.6. The Bertz CT molecular complexity index is 1950. The van der Waals surface area contributed by atoms with Gasteiger partial charge >= 0.3 is 5.97 Å². The summed E-state index contributed by atoms with van der Waals surface area (Å²) in [6.07, 6.45) is 1.76. The van der Waals surface area contributed by atoms with Crippen molar-refractivity contribution in [3.8, 4) is 0 Å². The van der Waals surface area contributed by atoms with Crippen molar-refractivity contribution < 1.29 is 9.53 Å². The molecular weight excluding hydrogens is 456 g/mol. The average molecular weight is 485 g/mol. The monoisotopic (exact) mass is 484 g/mol. The molecule has 0 radical (unpaired) electrons. The molecule has 0 amide bonds. The van der Waals surface area contributed by atoms with Crippen molar-refractivity contribution in [2.24, 2.45) is 4.99 Å². The second kappa shape index (κ2) is 8.59. The van der Waals surface area contributed by atoms with Crippen LogP contribution in [0.15, 0.2) is 71.7 Å². The van der Waals surface area contributed by atoms with E-state index in [4.69, 9.17) is 9.73 Å². The number of rotatable bonds is 4. The van der Waals surface area contributed by atoms with Gasteiger partial charge in [-0.1, -0.05) is 61.2 Å². The van der Waals surface area contributed by atoms with Crippen LogP contribution in [0.25, 0.3) is 44.7 Å². The maximum atomic E-state index is 13.6. The molecule has 4 heteroatoms. The van der Waals surface area contributed by atoms with Gasteiger partial charge in [0, 0.05) is 27.8 Å². The van der Waals surface area contributed by atoms with Crippen LogP contribution in [-0.4, -0.2) is 16.6 Å². The Morgan fingerprint density at radius 2 is 1.65 bits per heavy atom. The molecule has 4 nitrogen and oxygen atoms in total. The molecule has 0 aliphatic heterocycles. The van der Waals surface area contributed by atoms with E-state index in [0.29, 0.717) is 5.56 Å². The van der Waals surface area contributed by atoms with Crippen LogP contribution in [0.1, 0.15) is 39.5 Å². The normalized spacial score (nSPS) is 12.0. The first-order valence-electron chi connectivity index (χ1n) is 12.5. The van der Waals surface area contributed by atoms with Crippen LogP contribution in [0.2, 0.25) is 0 Å². The highest BCUT2D eigenvalue weighted by Gasteiger charge is 2.25. The highest BCUT2D eigenvalue weighted by molar-refractivity contribution is 6.25. The molecule has 0 fully saturated rings. The first-order valence-corrected chi connectivity index (χ1v) is 12.5. The van der Waals surface area contributed by atoms with E-state index in [2.05, 4.69) is 49.9 Å². The predicted molar refractivity (Wildman–Crippen MR) is 154 cm³/mol. The van der Waals surface area contributed by atoms with E-state index in [1.807, 2.05) is 55.5 Å². The summed E-state index contributed by atoms with van der Waals surface area (Å²) in [6, 6.07) is 22.1. The van der Waals surface area contributed by atoms with Crippen molar-refractivity contribution in [2.75, 3.05) is 0 Å². The number of hydrogen-bond donors (Lipinski definition) is 0. The fourth-order valence-corrected chi connectivity index (χ4v) is 5.74. The number of carbonyl (C=O) groups is 1. The van der Waals surface area contributed by atoms with Crippen LogP contribution in [0.3, 0.4) is 0 Å². The summed E-state index contributed by atoms with van der Waals surface area (Å²) in [5, 5.41) is 4.92. The minimum Gasteiger partial charge on any atom is -0.457 e. The van der Waals surface area contributed by atoms with Gasteiger partial charge in [-0.2, -0.15) is 0 Å². The Hall–Kier alpha value is -4.44. The van der Waals surface area contributed by atoms with Gasteiger partial charge < -0.3 is 9.14 Å². The summed E-state index contributed by atoms with van der Waals surface area (Å²) in [5.74, 6) is -0.362. The summed E-state index contributed by atoms with van der Waals surface area (Å²) < 4.78 is 8.14. The molecule has 0 spiro atoms. The Labute approximate surface area is 215 Å². The number of ether oxygens (including phenoxy) is 1. The lowest BCUT2D eigenvalue weighted by Gasteiger charge is -2.17. The van der Waals surface area contributed by atoms with E-state index >= 15 is 0 Å². The van der Waals surface area contributed by atoms with E-state index in [1.54, 1.807) is 6.21 Å². The number of pyridine rings is 1. The standard InChI is InChI=1S/C33H28N2O2/c1-6-34-26-17-25(33(36)37-18-23-12-8-7-9-13-23)30-24-14-10-11-15-27(24)35-31-20(3)16-19(2)21(4)28(31)22(5)29(26)32(30)35/h6-17H,5,18H2,1-4H3/b34-6-. The van der Waals surface area contributed by atoms with E-state index in [-0.39, 0.29) is 12.6 Å². The summed E-state index contributed by atoms with van der Waals surface area (Å²) in [4.78, 5) is 18.4. The van der Waals surface area contributed by atoms with Crippen LogP contribution in [0.4, 0.5) is 5.69 Å². The average Bonchev–Trinajstić information content (AvgIpc) is 3.24. The van der Waals surface area contributed by atoms with Gasteiger partial charge in [-0.05, 0) is 67.3 Å². The zero-order valence-electron chi connectivity index (χ0n) is 21.6. The van der Waals surface area contributed by atoms with E-state index in [1.165, 1.54) is 16.7 Å². The molecule has 0 saturated carbocycles. The van der Waals surface area contributed by atoms with Crippen molar-refractivity contribution in [3.05, 3.63) is 99.8 Å². The largest absolute Gasteiger partial charge is 0.457 e. The molecule has 0 atom stereocenters. The lowest BCUT2D eigenvalue weighted by Crippen LogP contribution is -2.12. The highest BCUT2D eigenvalue weighted by atomic mass is 16.5. The van der Waals surface area contributed by atoms with Gasteiger partial charge in [-0.25, -0.2) is 4.79 Å². The van der Waals surface area contributed by atoms with Crippen molar-refractivity contribution in [1.82, 2.24) is 4.40 Å². The third kappa shape index (κ3) is 3.36. The van der Waals surface area contributed by atoms with Crippen molar-refractivity contribution in [3.63, 3.8) is 0 Å². The molecule has 0 bridgehead atoms. The Kier molecular flexibility index (Phi) is 5.34. The molecule has 0 saturated heterocycles. The Balaban J connectivity index is 1.78. The number of nitrogens with zero attached hydrogens (tertiary/aromatic N) is 2. The maximum absolute atomic E-state index is 13.6. The smallest absolute Gasteiger partial charge is 0.339 e. The van der Waals surface area contributed by atoms with Crippen LogP contribution < -0.4 is 5.22 Å². The first-order chi connectivity index (χ1) is 17.9. The van der Waals surface area contributed by atoms with Crippen LogP contribution >= 0.6 is 0 Å². The molecule has 0 aliphatic carbocycles. The van der Waals surface area contributed by atoms with Crippen molar-refractivity contribution in [1.29, 1.82) is 0 Å². The van der Waals surface area contributed by atoms with Gasteiger partial charge in [0.2, 0.25) is 0 Å². The lowest BCUT2D eigenvalue weighted by molar-refractivity contribution is 0.0475. The van der Waals surface area contributed by atoms with Crippen LogP contribution in [0, 0.1) is 20.8 Å². The third-order valence-electron chi connectivity index (χ3n) is 7.46. The summed E-state index contributed by atoms with van der Waals surface area (Å²) in [6.45, 7) is 13.1. The van der Waals surface area contributed by atoms with Crippen LogP contribution in [0.5, 0.6) is 0 Å². The van der Waals surface area contributed by atoms with Gasteiger partial charge in [0.25, 0.3) is 0 Å². The van der Waals surface area contributed by atoms with Crippen molar-refractivity contribution in [2.45, 2.75) is 34.3 Å². The molecule has 182 valence electrons. The molecule has 6 rings (SSSR count). The van der Waals surface area contributed by atoms with Gasteiger partial charge in [0.1, 0.15) is 6.61 Å². The summed E-state index contributed by atoms with van der Waals surface area (Å²) in [7, 11) is 0. The number of para-hydroxylation sites is 1. The minimum absolute atomic E-state index is 0.209. The lowest BCUT2D eigenvalue weighted by atomic mass is 9.95. The van der Waals surface area contributed by atoms with E-state index < -0.39 is 0 Å². The molecule has 2 aromatic heterocycles. The number of aromatic nitrogens is 1. The number of carbonyl (C=O) groups excluding carboxylic acids is 1. The van der Waals surface area contributed by atoms with E-state index in [0.717, 1.165) is 54.6 Å². The minimum atomic E-state index is -0.362. The number of fused-ring (bicyclic) bond motifs is 5. The third-order valence-corrected chi connectivity index (χ3v) is 7.46. The number of hydrogen-bond acceptors (Lipinski definition) is 3. The van der Waals surface area contributed by atoms with E-state index in [9.17, 15) is 4.79 Å². The number of aliphatic imine (C=N–C) groups is 1. The van der Waals surface area contributed by atoms with Crippen molar-refractivity contribution >= 4 is 62.5 Å². The summed E-state index contributed by atoms with van der Waals surface area (Å²) in [5.41, 5.74) is 8.92. The quantitative estimate of drug-likeness (QED) is 0.147. The highest BCUT2D eigenvalue weighted by Crippen LogP contribution is 2.41. The Morgan fingerprint density at radius 1 is 0.919 bits per heavy atom. The van der Waals surface area contributed by atoms with Gasteiger partial charge in [-0.15, -0.1) is 0 Å². The molecule has 6 aromatic rings. The predicted octanol–water partition coefficient (Wildman–Crippen LogP) is 7.53. The maximum Gasteiger partial charge on any atom is 0.339 e. The molecule has 37 heavy (non-hydrogen) atoms. The fourth-order valence-electron chi connectivity index (χ4n) is 5.74. The fraction of sp³-hybridized carbons (Fsp3) is 0.152. The summed E-state index contributed by atoms with van der Waals surface area (Å²) >= 11 is 0. The molecule has 4 aromatic carbocycles. The molecule has 0 unspecified atom stereocenters. The first kappa shape index (κ1) is 23.0. The van der Waals surface area contributed by atoms with Gasteiger partial charge in [-0.3, -0.25) is 4.99 Å². The number of esters is 1. The topological polar surface area (TPSA) is 43.1 Å². The van der Waals surface area contributed by atoms with Crippen LogP contribution in [-0.2, 0) is 11.3 Å².